The first-order valence-corrected chi connectivity index (χ1v) is 9.88. The van der Waals surface area contributed by atoms with Crippen LogP contribution < -0.4 is 10.6 Å². The van der Waals surface area contributed by atoms with Crippen molar-refractivity contribution >= 4 is 23.2 Å². The Hall–Kier alpha value is -2.94. The van der Waals surface area contributed by atoms with Crippen LogP contribution in [-0.2, 0) is 22.3 Å². The third-order valence-corrected chi connectivity index (χ3v) is 5.09. The molecule has 1 heterocycles. The summed E-state index contributed by atoms with van der Waals surface area (Å²) in [6.07, 6.45) is -3.27. The van der Waals surface area contributed by atoms with Crippen molar-refractivity contribution in [1.82, 2.24) is 4.90 Å². The molecule has 1 aliphatic rings. The third-order valence-electron chi connectivity index (χ3n) is 5.09. The van der Waals surface area contributed by atoms with Gasteiger partial charge in [-0.15, -0.1) is 0 Å². The molecule has 2 aromatic carbocycles. The van der Waals surface area contributed by atoms with E-state index in [-0.39, 0.29) is 17.2 Å². The molecule has 1 fully saturated rings. The van der Waals surface area contributed by atoms with E-state index in [1.807, 2.05) is 4.90 Å². The number of nitrogens with zero attached hydrogens (tertiary/aromatic N) is 1. The third kappa shape index (κ3) is 6.27. The molecule has 2 aromatic rings. The molecule has 5 nitrogen and oxygen atoms in total. The second-order valence-corrected chi connectivity index (χ2v) is 7.63. The summed E-state index contributed by atoms with van der Waals surface area (Å²) in [5, 5.41) is 4.99. The number of carbonyl (C=O) groups excluding carboxylic acids is 2. The SMILES string of the molecule is CC(=O)Nc1ccc(C(F)(F)F)cc1NC(=O)C1CCCN(Cc2cccc(F)c2)C1. The summed E-state index contributed by atoms with van der Waals surface area (Å²) in [6.45, 7) is 2.84. The fourth-order valence-electron chi connectivity index (χ4n) is 3.66. The number of hydrogen-bond donors (Lipinski definition) is 2. The van der Waals surface area contributed by atoms with Crippen LogP contribution in [0.1, 0.15) is 30.9 Å². The summed E-state index contributed by atoms with van der Waals surface area (Å²) in [5.41, 5.74) is -0.140. The molecule has 166 valence electrons. The molecular formula is C22H23F4N3O2. The summed E-state index contributed by atoms with van der Waals surface area (Å²) < 4.78 is 52.7. The topological polar surface area (TPSA) is 61.4 Å². The van der Waals surface area contributed by atoms with E-state index in [0.29, 0.717) is 19.5 Å². The average Bonchev–Trinajstić information content (AvgIpc) is 2.68. The minimum Gasteiger partial charge on any atom is -0.325 e. The predicted molar refractivity (Wildman–Crippen MR) is 109 cm³/mol. The van der Waals surface area contributed by atoms with Crippen LogP contribution in [0.25, 0.3) is 0 Å². The van der Waals surface area contributed by atoms with Crippen LogP contribution in [0.4, 0.5) is 28.9 Å². The average molecular weight is 437 g/mol. The highest BCUT2D eigenvalue weighted by Crippen LogP contribution is 2.34. The zero-order valence-corrected chi connectivity index (χ0v) is 16.9. The Bertz CT molecular complexity index is 962. The quantitative estimate of drug-likeness (QED) is 0.670. The minimum absolute atomic E-state index is 0.0984. The molecule has 1 aliphatic heterocycles. The molecule has 0 bridgehead atoms. The Morgan fingerprint density at radius 3 is 2.55 bits per heavy atom. The van der Waals surface area contributed by atoms with E-state index in [2.05, 4.69) is 10.6 Å². The smallest absolute Gasteiger partial charge is 0.325 e. The summed E-state index contributed by atoms with van der Waals surface area (Å²) in [5.74, 6) is -1.66. The van der Waals surface area contributed by atoms with E-state index in [9.17, 15) is 27.2 Å². The van der Waals surface area contributed by atoms with Gasteiger partial charge in [0.2, 0.25) is 11.8 Å². The van der Waals surface area contributed by atoms with Gasteiger partial charge < -0.3 is 10.6 Å². The standard InChI is InChI=1S/C22H23F4N3O2/c1-14(30)27-19-8-7-17(22(24,25)26)11-20(19)28-21(31)16-5-3-9-29(13-16)12-15-4-2-6-18(23)10-15/h2,4,6-8,10-11,16H,3,5,9,12-13H2,1H3,(H,27,30)(H,28,31). The lowest BCUT2D eigenvalue weighted by molar-refractivity contribution is -0.137. The molecule has 0 aromatic heterocycles. The Morgan fingerprint density at radius 2 is 1.87 bits per heavy atom. The van der Waals surface area contributed by atoms with Crippen molar-refractivity contribution in [3.63, 3.8) is 0 Å². The first kappa shape index (κ1) is 22.7. The second kappa shape index (κ2) is 9.47. The second-order valence-electron chi connectivity index (χ2n) is 7.63. The lowest BCUT2D eigenvalue weighted by Crippen LogP contribution is -2.40. The number of hydrogen-bond acceptors (Lipinski definition) is 3. The molecule has 1 saturated heterocycles. The van der Waals surface area contributed by atoms with Crippen LogP contribution in [0.2, 0.25) is 0 Å². The molecule has 1 unspecified atom stereocenters. The molecule has 0 aliphatic carbocycles. The van der Waals surface area contributed by atoms with Crippen molar-refractivity contribution in [3.8, 4) is 0 Å². The van der Waals surface area contributed by atoms with Crippen LogP contribution in [-0.4, -0.2) is 29.8 Å². The normalized spacial score (nSPS) is 17.3. The molecular weight excluding hydrogens is 414 g/mol. The highest BCUT2D eigenvalue weighted by atomic mass is 19.4. The number of carbonyl (C=O) groups is 2. The Morgan fingerprint density at radius 1 is 1.10 bits per heavy atom. The molecule has 0 spiro atoms. The van der Waals surface area contributed by atoms with E-state index < -0.39 is 29.5 Å². The van der Waals surface area contributed by atoms with Gasteiger partial charge in [0.15, 0.2) is 0 Å². The number of anilines is 2. The van der Waals surface area contributed by atoms with Crippen molar-refractivity contribution in [2.45, 2.75) is 32.5 Å². The fraction of sp³-hybridized carbons (Fsp3) is 0.364. The van der Waals surface area contributed by atoms with Crippen LogP contribution >= 0.6 is 0 Å². The van der Waals surface area contributed by atoms with E-state index in [0.717, 1.165) is 36.7 Å². The molecule has 9 heteroatoms. The van der Waals surface area contributed by atoms with E-state index in [1.54, 1.807) is 12.1 Å². The molecule has 2 N–H and O–H groups in total. The summed E-state index contributed by atoms with van der Waals surface area (Å²) in [6, 6.07) is 9.00. The number of benzene rings is 2. The maximum Gasteiger partial charge on any atom is 0.416 e. The van der Waals surface area contributed by atoms with Gasteiger partial charge in [0.05, 0.1) is 22.9 Å². The first-order chi connectivity index (χ1) is 14.6. The maximum atomic E-state index is 13.4. The zero-order chi connectivity index (χ0) is 22.6. The van der Waals surface area contributed by atoms with Crippen molar-refractivity contribution in [2.75, 3.05) is 23.7 Å². The summed E-state index contributed by atoms with van der Waals surface area (Å²) in [4.78, 5) is 26.2. The monoisotopic (exact) mass is 437 g/mol. The fourth-order valence-corrected chi connectivity index (χ4v) is 3.66. The van der Waals surface area contributed by atoms with Gasteiger partial charge in [0.25, 0.3) is 0 Å². The van der Waals surface area contributed by atoms with Gasteiger partial charge in [-0.05, 0) is 55.3 Å². The van der Waals surface area contributed by atoms with Gasteiger partial charge in [-0.25, -0.2) is 4.39 Å². The van der Waals surface area contributed by atoms with Crippen molar-refractivity contribution < 1.29 is 27.2 Å². The van der Waals surface area contributed by atoms with Gasteiger partial charge in [-0.1, -0.05) is 12.1 Å². The highest BCUT2D eigenvalue weighted by Gasteiger charge is 2.32. The van der Waals surface area contributed by atoms with Crippen LogP contribution in [0, 0.1) is 11.7 Å². The summed E-state index contributed by atoms with van der Waals surface area (Å²) in [7, 11) is 0. The van der Waals surface area contributed by atoms with Crippen molar-refractivity contribution in [2.24, 2.45) is 5.92 Å². The van der Waals surface area contributed by atoms with Crippen molar-refractivity contribution in [3.05, 3.63) is 59.4 Å². The van der Waals surface area contributed by atoms with Gasteiger partial charge >= 0.3 is 6.18 Å². The molecule has 0 saturated carbocycles. The van der Waals surface area contributed by atoms with Gasteiger partial charge in [-0.3, -0.25) is 14.5 Å². The van der Waals surface area contributed by atoms with Crippen LogP contribution in [0.15, 0.2) is 42.5 Å². The predicted octanol–water partition coefficient (Wildman–Crippen LogP) is 4.65. The first-order valence-electron chi connectivity index (χ1n) is 9.88. The molecule has 0 radical (unpaired) electrons. The highest BCUT2D eigenvalue weighted by molar-refractivity contribution is 6.00. The number of piperidine rings is 1. The lowest BCUT2D eigenvalue weighted by Gasteiger charge is -2.32. The molecule has 31 heavy (non-hydrogen) atoms. The Kier molecular flexibility index (Phi) is 6.94. The number of alkyl halides is 3. The number of likely N-dealkylation sites (tertiary alicyclic amines) is 1. The van der Waals surface area contributed by atoms with Gasteiger partial charge in [0, 0.05) is 20.0 Å². The molecule has 1 atom stereocenters. The summed E-state index contributed by atoms with van der Waals surface area (Å²) >= 11 is 0. The molecule has 2 amide bonds. The largest absolute Gasteiger partial charge is 0.416 e. The molecule has 3 rings (SSSR count). The lowest BCUT2D eigenvalue weighted by atomic mass is 9.96. The van der Waals surface area contributed by atoms with Gasteiger partial charge in [-0.2, -0.15) is 13.2 Å². The van der Waals surface area contributed by atoms with E-state index in [1.165, 1.54) is 19.1 Å². The Labute approximate surface area is 177 Å². The minimum atomic E-state index is -4.58. The van der Waals surface area contributed by atoms with E-state index >= 15 is 0 Å². The number of halogens is 4. The van der Waals surface area contributed by atoms with Crippen molar-refractivity contribution in [1.29, 1.82) is 0 Å². The van der Waals surface area contributed by atoms with Crippen LogP contribution in [0.3, 0.4) is 0 Å². The number of rotatable bonds is 5. The van der Waals surface area contributed by atoms with E-state index in [4.69, 9.17) is 0 Å². The zero-order valence-electron chi connectivity index (χ0n) is 16.9. The maximum absolute atomic E-state index is 13.4. The number of amides is 2. The van der Waals surface area contributed by atoms with Gasteiger partial charge in [0.1, 0.15) is 5.82 Å². The number of nitrogens with one attached hydrogen (secondary N) is 2. The Balaban J connectivity index is 1.73. The van der Waals surface area contributed by atoms with Crippen LogP contribution in [0.5, 0.6) is 0 Å².